The molecule has 1 heterocycles. The largest absolute Gasteiger partial charge is 0.444 e. The summed E-state index contributed by atoms with van der Waals surface area (Å²) in [6.45, 7) is 10.7. The number of ether oxygens (including phenoxy) is 1. The van der Waals surface area contributed by atoms with Crippen molar-refractivity contribution in [1.29, 1.82) is 0 Å². The molecule has 0 bridgehead atoms. The van der Waals surface area contributed by atoms with Crippen molar-refractivity contribution < 1.29 is 22.7 Å². The fourth-order valence-electron chi connectivity index (χ4n) is 2.57. The van der Waals surface area contributed by atoms with E-state index in [-0.39, 0.29) is 19.5 Å². The van der Waals surface area contributed by atoms with Gasteiger partial charge in [0.05, 0.1) is 5.92 Å². The van der Waals surface area contributed by atoms with E-state index in [4.69, 9.17) is 4.74 Å². The second-order valence-electron chi connectivity index (χ2n) is 7.10. The van der Waals surface area contributed by atoms with Gasteiger partial charge in [0.25, 0.3) is 0 Å². The quantitative estimate of drug-likeness (QED) is 0.784. The number of nitrogens with zero attached hydrogens (tertiary/aromatic N) is 1. The molecule has 0 aliphatic carbocycles. The van der Waals surface area contributed by atoms with Gasteiger partial charge in [-0.3, -0.25) is 0 Å². The summed E-state index contributed by atoms with van der Waals surface area (Å²) >= 11 is 0. The molecule has 1 aliphatic rings. The van der Waals surface area contributed by atoms with Gasteiger partial charge in [0, 0.05) is 25.7 Å². The third kappa shape index (κ3) is 6.55. The average Bonchev–Trinajstić information content (AvgIpc) is 2.42. The zero-order valence-electron chi connectivity index (χ0n) is 14.7. The molecule has 138 valence electrons. The first kappa shape index (κ1) is 20.5. The zero-order chi connectivity index (χ0) is 18.5. The highest BCUT2D eigenvalue weighted by molar-refractivity contribution is 5.68. The Balaban J connectivity index is 2.76. The van der Waals surface area contributed by atoms with Crippen LogP contribution in [0.2, 0.25) is 0 Å². The van der Waals surface area contributed by atoms with Crippen LogP contribution in [0.1, 0.15) is 34.1 Å². The molecule has 1 N–H and O–H groups in total. The van der Waals surface area contributed by atoms with Crippen molar-refractivity contribution in [3.8, 4) is 0 Å². The molecular formula is C17H27F3N2O2. The SMILES string of the molecule is C=CC=C(C)CNC1CCN(C(=O)OC(C)(C)C)CC1C(F)(F)F. The number of alkyl halides is 3. The van der Waals surface area contributed by atoms with Crippen LogP contribution in [0.15, 0.2) is 24.3 Å². The molecule has 1 aliphatic heterocycles. The molecule has 0 saturated carbocycles. The number of carbonyl (C=O) groups is 1. The van der Waals surface area contributed by atoms with Gasteiger partial charge in [0.2, 0.25) is 0 Å². The Morgan fingerprint density at radius 3 is 2.50 bits per heavy atom. The fraction of sp³-hybridized carbons (Fsp3) is 0.706. The Labute approximate surface area is 141 Å². The van der Waals surface area contributed by atoms with Crippen molar-refractivity contribution in [3.63, 3.8) is 0 Å². The predicted octanol–water partition coefficient (Wildman–Crippen LogP) is 3.90. The molecule has 0 radical (unpaired) electrons. The predicted molar refractivity (Wildman–Crippen MR) is 87.7 cm³/mol. The summed E-state index contributed by atoms with van der Waals surface area (Å²) in [4.78, 5) is 13.2. The number of likely N-dealkylation sites (tertiary alicyclic amines) is 1. The highest BCUT2D eigenvalue weighted by Crippen LogP contribution is 2.34. The Kier molecular flexibility index (Phi) is 6.89. The zero-order valence-corrected chi connectivity index (χ0v) is 14.7. The minimum Gasteiger partial charge on any atom is -0.444 e. The number of halogens is 3. The smallest absolute Gasteiger partial charge is 0.410 e. The number of hydrogen-bond donors (Lipinski definition) is 1. The number of nitrogens with one attached hydrogen (secondary N) is 1. The third-order valence-corrected chi connectivity index (χ3v) is 3.73. The van der Waals surface area contributed by atoms with Crippen LogP contribution in [0.3, 0.4) is 0 Å². The molecule has 7 heteroatoms. The van der Waals surface area contributed by atoms with Gasteiger partial charge >= 0.3 is 12.3 Å². The van der Waals surface area contributed by atoms with Gasteiger partial charge < -0.3 is 15.0 Å². The Morgan fingerprint density at radius 2 is 2.00 bits per heavy atom. The number of allylic oxidation sites excluding steroid dienone is 2. The van der Waals surface area contributed by atoms with Crippen LogP contribution in [-0.2, 0) is 4.74 Å². The summed E-state index contributed by atoms with van der Waals surface area (Å²) in [6.07, 6.45) is -1.49. The van der Waals surface area contributed by atoms with Gasteiger partial charge in [0.15, 0.2) is 0 Å². The average molecular weight is 348 g/mol. The molecule has 24 heavy (non-hydrogen) atoms. The first-order valence-electron chi connectivity index (χ1n) is 8.00. The molecule has 1 rings (SSSR count). The molecule has 0 aromatic carbocycles. The summed E-state index contributed by atoms with van der Waals surface area (Å²) in [7, 11) is 0. The van der Waals surface area contributed by atoms with Gasteiger partial charge in [-0.15, -0.1) is 0 Å². The van der Waals surface area contributed by atoms with E-state index < -0.39 is 29.8 Å². The van der Waals surface area contributed by atoms with E-state index in [1.54, 1.807) is 32.9 Å². The van der Waals surface area contributed by atoms with Gasteiger partial charge in [-0.1, -0.05) is 24.3 Å². The maximum Gasteiger partial charge on any atom is 0.410 e. The van der Waals surface area contributed by atoms with Crippen molar-refractivity contribution in [3.05, 3.63) is 24.3 Å². The molecule has 1 amide bonds. The Hall–Kier alpha value is -1.50. The first-order valence-corrected chi connectivity index (χ1v) is 8.00. The van der Waals surface area contributed by atoms with Crippen molar-refractivity contribution in [1.82, 2.24) is 10.2 Å². The molecule has 1 fully saturated rings. The van der Waals surface area contributed by atoms with Gasteiger partial charge in [-0.2, -0.15) is 13.2 Å². The van der Waals surface area contributed by atoms with Crippen molar-refractivity contribution in [2.24, 2.45) is 5.92 Å². The molecule has 2 atom stereocenters. The van der Waals surface area contributed by atoms with Gasteiger partial charge in [-0.05, 0) is 34.1 Å². The number of piperidine rings is 1. The lowest BCUT2D eigenvalue weighted by Gasteiger charge is -2.40. The molecule has 0 spiro atoms. The molecule has 4 nitrogen and oxygen atoms in total. The van der Waals surface area contributed by atoms with Crippen LogP contribution in [0.5, 0.6) is 0 Å². The summed E-state index contributed by atoms with van der Waals surface area (Å²) in [5.74, 6) is -1.62. The van der Waals surface area contributed by atoms with Crippen molar-refractivity contribution in [2.75, 3.05) is 19.6 Å². The summed E-state index contributed by atoms with van der Waals surface area (Å²) in [5, 5.41) is 2.96. The van der Waals surface area contributed by atoms with Crippen LogP contribution < -0.4 is 5.32 Å². The lowest BCUT2D eigenvalue weighted by atomic mass is 9.91. The Morgan fingerprint density at radius 1 is 1.38 bits per heavy atom. The molecule has 0 aromatic rings. The highest BCUT2D eigenvalue weighted by Gasteiger charge is 2.48. The van der Waals surface area contributed by atoms with Crippen LogP contribution in [0.25, 0.3) is 0 Å². The van der Waals surface area contributed by atoms with Gasteiger partial charge in [0.1, 0.15) is 5.60 Å². The van der Waals surface area contributed by atoms with Crippen LogP contribution in [0, 0.1) is 5.92 Å². The van der Waals surface area contributed by atoms with E-state index in [9.17, 15) is 18.0 Å². The van der Waals surface area contributed by atoms with Crippen LogP contribution in [0.4, 0.5) is 18.0 Å². The maximum atomic E-state index is 13.4. The number of carbonyl (C=O) groups excluding carboxylic acids is 1. The normalized spacial score (nSPS) is 23.1. The first-order chi connectivity index (χ1) is 10.9. The van der Waals surface area contributed by atoms with E-state index >= 15 is 0 Å². The van der Waals surface area contributed by atoms with Crippen LogP contribution >= 0.6 is 0 Å². The lowest BCUT2D eigenvalue weighted by Crippen LogP contribution is -2.56. The topological polar surface area (TPSA) is 41.6 Å². The fourth-order valence-corrected chi connectivity index (χ4v) is 2.57. The van der Waals surface area contributed by atoms with Crippen molar-refractivity contribution in [2.45, 2.75) is 51.9 Å². The van der Waals surface area contributed by atoms with E-state index in [1.807, 2.05) is 6.92 Å². The molecule has 2 unspecified atom stereocenters. The minimum absolute atomic E-state index is 0.227. The lowest BCUT2D eigenvalue weighted by molar-refractivity contribution is -0.192. The molecular weight excluding hydrogens is 321 g/mol. The minimum atomic E-state index is -4.38. The highest BCUT2D eigenvalue weighted by atomic mass is 19.4. The molecule has 1 saturated heterocycles. The number of amides is 1. The van der Waals surface area contributed by atoms with E-state index in [2.05, 4.69) is 11.9 Å². The summed E-state index contributed by atoms with van der Waals surface area (Å²) < 4.78 is 45.3. The third-order valence-electron chi connectivity index (χ3n) is 3.73. The van der Waals surface area contributed by atoms with E-state index in [1.165, 1.54) is 0 Å². The standard InChI is InChI=1S/C17H27F3N2O2/c1-6-7-12(2)10-21-14-8-9-22(11-13(14)17(18,19)20)15(23)24-16(3,4)5/h6-7,13-14,21H,1,8-11H2,2-5H3. The number of hydrogen-bond acceptors (Lipinski definition) is 3. The van der Waals surface area contributed by atoms with E-state index in [0.29, 0.717) is 6.54 Å². The summed E-state index contributed by atoms with van der Waals surface area (Å²) in [5.41, 5.74) is 0.174. The monoisotopic (exact) mass is 348 g/mol. The maximum absolute atomic E-state index is 13.4. The Bertz CT molecular complexity index is 481. The molecule has 0 aromatic heterocycles. The van der Waals surface area contributed by atoms with Crippen LogP contribution in [-0.4, -0.2) is 48.4 Å². The second-order valence-corrected chi connectivity index (χ2v) is 7.10. The second kappa shape index (κ2) is 8.05. The summed E-state index contributed by atoms with van der Waals surface area (Å²) in [6, 6.07) is -0.725. The van der Waals surface area contributed by atoms with E-state index in [0.717, 1.165) is 10.5 Å². The number of rotatable bonds is 4. The van der Waals surface area contributed by atoms with Gasteiger partial charge in [-0.25, -0.2) is 4.79 Å². The van der Waals surface area contributed by atoms with Crippen molar-refractivity contribution >= 4 is 6.09 Å².